The number of carbonyl (C=O) groups is 2. The van der Waals surface area contributed by atoms with Crippen molar-refractivity contribution in [3.8, 4) is 0 Å². The second-order valence-corrected chi connectivity index (χ2v) is 3.23. The first kappa shape index (κ1) is 13.7. The van der Waals surface area contributed by atoms with Gasteiger partial charge in [0.15, 0.2) is 0 Å². The predicted octanol–water partition coefficient (Wildman–Crippen LogP) is 1.41. The molecular weight excluding hydrogens is 194 g/mol. The first-order valence-electron chi connectivity index (χ1n) is 5.15. The quantitative estimate of drug-likeness (QED) is 0.377. The minimum absolute atomic E-state index is 0.00188. The molecule has 86 valence electrons. The number of carbonyl (C=O) groups excluding carboxylic acids is 2. The summed E-state index contributed by atoms with van der Waals surface area (Å²) >= 11 is 0. The molecule has 0 spiro atoms. The van der Waals surface area contributed by atoms with Gasteiger partial charge in [0.1, 0.15) is 0 Å². The third-order valence-electron chi connectivity index (χ3n) is 1.94. The highest BCUT2D eigenvalue weighted by atomic mass is 16.5. The van der Waals surface area contributed by atoms with Crippen molar-refractivity contribution in [3.63, 3.8) is 0 Å². The summed E-state index contributed by atoms with van der Waals surface area (Å²) in [5, 5.41) is 2.76. The van der Waals surface area contributed by atoms with Gasteiger partial charge < -0.3 is 10.1 Å². The average molecular weight is 213 g/mol. The second-order valence-electron chi connectivity index (χ2n) is 3.23. The van der Waals surface area contributed by atoms with Crippen LogP contribution < -0.4 is 5.32 Å². The van der Waals surface area contributed by atoms with Crippen LogP contribution in [-0.4, -0.2) is 25.5 Å². The van der Waals surface area contributed by atoms with Crippen LogP contribution in [0, 0.1) is 0 Å². The maximum Gasteiger partial charge on any atom is 0.305 e. The number of amides is 1. The third-order valence-corrected chi connectivity index (χ3v) is 1.94. The highest BCUT2D eigenvalue weighted by Crippen LogP contribution is 2.00. The molecule has 0 atom stereocenters. The fourth-order valence-electron chi connectivity index (χ4n) is 1.10. The standard InChI is InChI=1S/C11H19NO3/c1-3-7-10(13)12-9-6-4-5-8-11(14)15-2/h3H,1,4-9H2,2H3,(H,12,13). The summed E-state index contributed by atoms with van der Waals surface area (Å²) in [5.41, 5.74) is 0. The van der Waals surface area contributed by atoms with Crippen LogP contribution in [0.1, 0.15) is 32.1 Å². The Kier molecular flexibility index (Phi) is 8.43. The predicted molar refractivity (Wildman–Crippen MR) is 58.3 cm³/mol. The van der Waals surface area contributed by atoms with Crippen molar-refractivity contribution in [2.45, 2.75) is 32.1 Å². The Morgan fingerprint density at radius 3 is 2.67 bits per heavy atom. The molecule has 0 aliphatic carbocycles. The van der Waals surface area contributed by atoms with Crippen molar-refractivity contribution in [1.82, 2.24) is 5.32 Å². The lowest BCUT2D eigenvalue weighted by atomic mass is 10.2. The molecule has 1 N–H and O–H groups in total. The number of hydrogen-bond donors (Lipinski definition) is 1. The van der Waals surface area contributed by atoms with E-state index in [2.05, 4.69) is 16.6 Å². The van der Waals surface area contributed by atoms with Crippen molar-refractivity contribution >= 4 is 11.9 Å². The summed E-state index contributed by atoms with van der Waals surface area (Å²) in [6, 6.07) is 0. The molecule has 0 rings (SSSR count). The largest absolute Gasteiger partial charge is 0.469 e. The maximum atomic E-state index is 11.0. The van der Waals surface area contributed by atoms with E-state index in [-0.39, 0.29) is 11.9 Å². The van der Waals surface area contributed by atoms with Gasteiger partial charge in [0.2, 0.25) is 5.91 Å². The summed E-state index contributed by atoms with van der Waals surface area (Å²) in [7, 11) is 1.39. The highest BCUT2D eigenvalue weighted by molar-refractivity contribution is 5.77. The third kappa shape index (κ3) is 9.00. The zero-order valence-electron chi connectivity index (χ0n) is 9.25. The molecule has 0 aliphatic heterocycles. The number of nitrogens with one attached hydrogen (secondary N) is 1. The molecule has 0 saturated carbocycles. The summed E-state index contributed by atoms with van der Waals surface area (Å²) in [6.07, 6.45) is 5.01. The van der Waals surface area contributed by atoms with Crippen molar-refractivity contribution in [1.29, 1.82) is 0 Å². The van der Waals surface area contributed by atoms with Gasteiger partial charge >= 0.3 is 5.97 Å². The zero-order valence-corrected chi connectivity index (χ0v) is 9.25. The van der Waals surface area contributed by atoms with E-state index in [1.807, 2.05) is 0 Å². The number of methoxy groups -OCH3 is 1. The van der Waals surface area contributed by atoms with Gasteiger partial charge in [0, 0.05) is 19.4 Å². The molecule has 0 heterocycles. The first-order valence-corrected chi connectivity index (χ1v) is 5.15. The van der Waals surface area contributed by atoms with E-state index in [0.717, 1.165) is 19.3 Å². The number of ether oxygens (including phenoxy) is 1. The van der Waals surface area contributed by atoms with Gasteiger partial charge in [0.25, 0.3) is 0 Å². The molecule has 0 aromatic carbocycles. The molecule has 4 nitrogen and oxygen atoms in total. The molecule has 1 amide bonds. The lowest BCUT2D eigenvalue weighted by molar-refractivity contribution is -0.140. The Hall–Kier alpha value is -1.32. The smallest absolute Gasteiger partial charge is 0.305 e. The van der Waals surface area contributed by atoms with Crippen molar-refractivity contribution in [2.24, 2.45) is 0 Å². The Morgan fingerprint density at radius 2 is 2.07 bits per heavy atom. The summed E-state index contributed by atoms with van der Waals surface area (Å²) in [5.74, 6) is -0.177. The molecule has 0 bridgehead atoms. The van der Waals surface area contributed by atoms with Crippen LogP contribution in [0.4, 0.5) is 0 Å². The Bertz CT molecular complexity index is 214. The lowest BCUT2D eigenvalue weighted by Crippen LogP contribution is -2.23. The van der Waals surface area contributed by atoms with E-state index in [1.165, 1.54) is 7.11 Å². The van der Waals surface area contributed by atoms with Crippen molar-refractivity contribution in [2.75, 3.05) is 13.7 Å². The molecule has 0 aliphatic rings. The molecule has 0 saturated heterocycles. The summed E-state index contributed by atoms with van der Waals surface area (Å²) in [4.78, 5) is 21.7. The minimum atomic E-state index is -0.175. The van der Waals surface area contributed by atoms with Gasteiger partial charge in [-0.05, 0) is 12.8 Å². The average Bonchev–Trinajstić information content (AvgIpc) is 2.23. The van der Waals surface area contributed by atoms with E-state index in [0.29, 0.717) is 19.4 Å². The fourth-order valence-corrected chi connectivity index (χ4v) is 1.10. The summed E-state index contributed by atoms with van der Waals surface area (Å²) in [6.45, 7) is 4.14. The fraction of sp³-hybridized carbons (Fsp3) is 0.636. The van der Waals surface area contributed by atoms with Gasteiger partial charge in [-0.1, -0.05) is 12.5 Å². The van der Waals surface area contributed by atoms with E-state index >= 15 is 0 Å². The van der Waals surface area contributed by atoms with Crippen LogP contribution >= 0.6 is 0 Å². The molecule has 15 heavy (non-hydrogen) atoms. The number of hydrogen-bond acceptors (Lipinski definition) is 3. The van der Waals surface area contributed by atoms with Crippen LogP contribution in [0.25, 0.3) is 0 Å². The number of rotatable bonds is 8. The Balaban J connectivity index is 3.21. The molecule has 0 fully saturated rings. The molecule has 0 radical (unpaired) electrons. The second kappa shape index (κ2) is 9.24. The maximum absolute atomic E-state index is 11.0. The molecule has 0 aromatic rings. The van der Waals surface area contributed by atoms with Crippen molar-refractivity contribution in [3.05, 3.63) is 12.7 Å². The lowest BCUT2D eigenvalue weighted by Gasteiger charge is -2.03. The van der Waals surface area contributed by atoms with Gasteiger partial charge in [-0.15, -0.1) is 6.58 Å². The topological polar surface area (TPSA) is 55.4 Å². The van der Waals surface area contributed by atoms with Gasteiger partial charge in [-0.2, -0.15) is 0 Å². The number of unbranched alkanes of at least 4 members (excludes halogenated alkanes) is 2. The van der Waals surface area contributed by atoms with E-state index < -0.39 is 0 Å². The zero-order chi connectivity index (χ0) is 11.5. The van der Waals surface area contributed by atoms with Crippen LogP contribution in [0.5, 0.6) is 0 Å². The number of esters is 1. The van der Waals surface area contributed by atoms with Crippen LogP contribution in [0.15, 0.2) is 12.7 Å². The Labute approximate surface area is 90.7 Å². The van der Waals surface area contributed by atoms with Crippen molar-refractivity contribution < 1.29 is 14.3 Å². The Morgan fingerprint density at radius 1 is 1.33 bits per heavy atom. The molecular formula is C11H19NO3. The molecule has 0 unspecified atom stereocenters. The van der Waals surface area contributed by atoms with Gasteiger partial charge in [-0.3, -0.25) is 9.59 Å². The van der Waals surface area contributed by atoms with Gasteiger partial charge in [0.05, 0.1) is 7.11 Å². The SMILES string of the molecule is C=CCC(=O)NCCCCCC(=O)OC. The van der Waals surface area contributed by atoms with Crippen LogP contribution in [-0.2, 0) is 14.3 Å². The normalized spacial score (nSPS) is 9.40. The van der Waals surface area contributed by atoms with E-state index in [4.69, 9.17) is 0 Å². The van der Waals surface area contributed by atoms with E-state index in [9.17, 15) is 9.59 Å². The van der Waals surface area contributed by atoms with Crippen LogP contribution in [0.3, 0.4) is 0 Å². The summed E-state index contributed by atoms with van der Waals surface area (Å²) < 4.78 is 4.51. The monoisotopic (exact) mass is 213 g/mol. The van der Waals surface area contributed by atoms with Crippen LogP contribution in [0.2, 0.25) is 0 Å². The first-order chi connectivity index (χ1) is 7.20. The van der Waals surface area contributed by atoms with E-state index in [1.54, 1.807) is 6.08 Å². The van der Waals surface area contributed by atoms with Gasteiger partial charge in [-0.25, -0.2) is 0 Å². The highest BCUT2D eigenvalue weighted by Gasteiger charge is 2.00. The molecule has 4 heteroatoms. The molecule has 0 aromatic heterocycles. The minimum Gasteiger partial charge on any atom is -0.469 e.